The molecule has 1 fully saturated rings. The normalized spacial score (nSPS) is 31.4. The van der Waals surface area contributed by atoms with Gasteiger partial charge in [0.15, 0.2) is 0 Å². The maximum Gasteiger partial charge on any atom is 0.241 e. The third kappa shape index (κ3) is 5.16. The van der Waals surface area contributed by atoms with Crippen molar-refractivity contribution in [2.45, 2.75) is 91.3 Å². The van der Waals surface area contributed by atoms with Crippen molar-refractivity contribution >= 4 is 8.32 Å². The van der Waals surface area contributed by atoms with Crippen molar-refractivity contribution in [3.8, 4) is 0 Å². The van der Waals surface area contributed by atoms with Crippen LogP contribution in [0, 0.1) is 17.8 Å². The molecule has 2 heteroatoms. The van der Waals surface area contributed by atoms with Crippen molar-refractivity contribution < 1.29 is 4.43 Å². The van der Waals surface area contributed by atoms with Crippen LogP contribution in [0.3, 0.4) is 0 Å². The highest BCUT2D eigenvalue weighted by atomic mass is 28.4. The Kier molecular flexibility index (Phi) is 5.99. The van der Waals surface area contributed by atoms with Gasteiger partial charge < -0.3 is 4.43 Å². The lowest BCUT2D eigenvalue weighted by Gasteiger charge is -2.37. The van der Waals surface area contributed by atoms with Gasteiger partial charge in [0.2, 0.25) is 8.32 Å². The second kappa shape index (κ2) is 7.35. The first-order valence-electron chi connectivity index (χ1n) is 9.26. The third-order valence-corrected chi connectivity index (χ3v) is 6.33. The summed E-state index contributed by atoms with van der Waals surface area (Å²) < 4.78 is 6.29. The summed E-state index contributed by atoms with van der Waals surface area (Å²) in [6, 6.07) is 0. The van der Waals surface area contributed by atoms with Crippen LogP contribution < -0.4 is 0 Å². The van der Waals surface area contributed by atoms with Crippen LogP contribution in [-0.4, -0.2) is 8.32 Å². The summed E-state index contributed by atoms with van der Waals surface area (Å²) in [5.41, 5.74) is 1.56. The molecule has 1 nitrogen and oxygen atoms in total. The number of allylic oxidation sites excluding steroid dienone is 2. The number of rotatable bonds is 5. The molecule has 2 rings (SSSR count). The Morgan fingerprint density at radius 3 is 2.19 bits per heavy atom. The minimum absolute atomic E-state index is 0.946. The first kappa shape index (κ1) is 17.1. The maximum atomic E-state index is 6.29. The first-order valence-corrected chi connectivity index (χ1v) is 12.7. The molecule has 122 valence electrons. The molecule has 0 N–H and O–H groups in total. The van der Waals surface area contributed by atoms with Gasteiger partial charge in [0.05, 0.1) is 5.76 Å². The lowest BCUT2D eigenvalue weighted by Crippen LogP contribution is -2.29. The zero-order chi connectivity index (χ0) is 15.5. The Morgan fingerprint density at radius 1 is 1.00 bits per heavy atom. The van der Waals surface area contributed by atoms with Crippen molar-refractivity contribution in [2.75, 3.05) is 0 Å². The van der Waals surface area contributed by atoms with Crippen molar-refractivity contribution in [3.63, 3.8) is 0 Å². The lowest BCUT2D eigenvalue weighted by atomic mass is 9.70. The Hall–Kier alpha value is -0.243. The zero-order valence-corrected chi connectivity index (χ0v) is 16.0. The highest BCUT2D eigenvalue weighted by molar-refractivity contribution is 6.70. The Morgan fingerprint density at radius 2 is 1.67 bits per heavy atom. The van der Waals surface area contributed by atoms with E-state index in [-0.39, 0.29) is 0 Å². The number of hydrogen-bond donors (Lipinski definition) is 0. The molecule has 1 saturated carbocycles. The van der Waals surface area contributed by atoms with Crippen LogP contribution in [0.4, 0.5) is 0 Å². The molecule has 1 atom stereocenters. The van der Waals surface area contributed by atoms with Gasteiger partial charge in [0, 0.05) is 6.42 Å². The lowest BCUT2D eigenvalue weighted by molar-refractivity contribution is 0.176. The average molecular weight is 309 g/mol. The van der Waals surface area contributed by atoms with Crippen molar-refractivity contribution in [2.24, 2.45) is 17.8 Å². The second-order valence-electron chi connectivity index (χ2n) is 8.49. The fourth-order valence-corrected chi connectivity index (χ4v) is 5.42. The molecule has 2 aliphatic carbocycles. The van der Waals surface area contributed by atoms with Gasteiger partial charge in [-0.25, -0.2) is 0 Å². The van der Waals surface area contributed by atoms with E-state index in [1.807, 2.05) is 0 Å². The Labute approximate surface area is 133 Å². The standard InChI is InChI=1S/C19H36OSi/c1-6-7-16-8-10-17(11-9-16)18-12-13-19(15(2)14-18)20-21(3,4)5/h16-18H,6-14H2,1-5H3. The van der Waals surface area contributed by atoms with Gasteiger partial charge in [0.1, 0.15) is 0 Å². The monoisotopic (exact) mass is 308 g/mol. The smallest absolute Gasteiger partial charge is 0.241 e. The molecule has 21 heavy (non-hydrogen) atoms. The average Bonchev–Trinajstić information content (AvgIpc) is 2.41. The zero-order valence-electron chi connectivity index (χ0n) is 15.0. The van der Waals surface area contributed by atoms with E-state index in [2.05, 4.69) is 33.5 Å². The second-order valence-corrected chi connectivity index (χ2v) is 12.9. The summed E-state index contributed by atoms with van der Waals surface area (Å²) in [5.74, 6) is 4.34. The van der Waals surface area contributed by atoms with Gasteiger partial charge >= 0.3 is 0 Å². The summed E-state index contributed by atoms with van der Waals surface area (Å²) in [7, 11) is -1.42. The van der Waals surface area contributed by atoms with Gasteiger partial charge in [-0.05, 0) is 75.6 Å². The van der Waals surface area contributed by atoms with E-state index in [4.69, 9.17) is 4.43 Å². The van der Waals surface area contributed by atoms with Crippen LogP contribution in [-0.2, 0) is 4.43 Å². The topological polar surface area (TPSA) is 9.23 Å². The molecule has 0 aromatic heterocycles. The van der Waals surface area contributed by atoms with E-state index in [1.54, 1.807) is 5.57 Å². The maximum absolute atomic E-state index is 6.29. The van der Waals surface area contributed by atoms with Crippen LogP contribution in [0.15, 0.2) is 11.3 Å². The summed E-state index contributed by atoms with van der Waals surface area (Å²) in [6.45, 7) is 11.6. The predicted octanol–water partition coefficient (Wildman–Crippen LogP) is 6.52. The highest BCUT2D eigenvalue weighted by Crippen LogP contribution is 2.42. The largest absolute Gasteiger partial charge is 0.547 e. The first-order chi connectivity index (χ1) is 9.89. The van der Waals surface area contributed by atoms with Crippen molar-refractivity contribution in [1.29, 1.82) is 0 Å². The molecular weight excluding hydrogens is 272 g/mol. The molecule has 1 unspecified atom stereocenters. The third-order valence-electron chi connectivity index (χ3n) is 5.47. The van der Waals surface area contributed by atoms with E-state index in [0.29, 0.717) is 0 Å². The summed E-state index contributed by atoms with van der Waals surface area (Å²) in [5, 5.41) is 0. The molecule has 0 bridgehead atoms. The molecule has 0 radical (unpaired) electrons. The molecule has 0 heterocycles. The van der Waals surface area contributed by atoms with E-state index in [9.17, 15) is 0 Å². The summed E-state index contributed by atoms with van der Waals surface area (Å²) in [4.78, 5) is 0. The van der Waals surface area contributed by atoms with Crippen LogP contribution in [0.1, 0.15) is 71.6 Å². The van der Waals surface area contributed by atoms with Crippen LogP contribution in [0.5, 0.6) is 0 Å². The molecule has 2 aliphatic rings. The van der Waals surface area contributed by atoms with E-state index < -0.39 is 8.32 Å². The van der Waals surface area contributed by atoms with Gasteiger partial charge in [-0.3, -0.25) is 0 Å². The molecule has 0 saturated heterocycles. The molecular formula is C19H36OSi. The summed E-state index contributed by atoms with van der Waals surface area (Å²) in [6.07, 6.45) is 12.7. The fraction of sp³-hybridized carbons (Fsp3) is 0.895. The van der Waals surface area contributed by atoms with Crippen LogP contribution in [0.2, 0.25) is 19.6 Å². The van der Waals surface area contributed by atoms with Crippen molar-refractivity contribution in [1.82, 2.24) is 0 Å². The minimum Gasteiger partial charge on any atom is -0.547 e. The van der Waals surface area contributed by atoms with Crippen LogP contribution >= 0.6 is 0 Å². The predicted molar refractivity (Wildman–Crippen MR) is 94.8 cm³/mol. The number of hydrogen-bond acceptors (Lipinski definition) is 1. The SMILES string of the molecule is CCCC1CCC(C2CCC(O[Si](C)(C)C)=C(C)C2)CC1. The van der Waals surface area contributed by atoms with Gasteiger partial charge in [-0.1, -0.05) is 32.6 Å². The molecule has 0 aliphatic heterocycles. The van der Waals surface area contributed by atoms with E-state index in [1.165, 1.54) is 63.5 Å². The van der Waals surface area contributed by atoms with E-state index in [0.717, 1.165) is 17.8 Å². The Bertz CT molecular complexity index is 358. The van der Waals surface area contributed by atoms with E-state index >= 15 is 0 Å². The van der Waals surface area contributed by atoms with Gasteiger partial charge in [-0.15, -0.1) is 0 Å². The van der Waals surface area contributed by atoms with Gasteiger partial charge in [0.25, 0.3) is 0 Å². The fourth-order valence-electron chi connectivity index (χ4n) is 4.41. The molecule has 0 aromatic rings. The quantitative estimate of drug-likeness (QED) is 0.525. The molecule has 0 spiro atoms. The van der Waals surface area contributed by atoms with Gasteiger partial charge in [-0.2, -0.15) is 0 Å². The molecule has 0 amide bonds. The minimum atomic E-state index is -1.42. The summed E-state index contributed by atoms with van der Waals surface area (Å²) >= 11 is 0. The van der Waals surface area contributed by atoms with Crippen LogP contribution in [0.25, 0.3) is 0 Å². The highest BCUT2D eigenvalue weighted by Gasteiger charge is 2.31. The Balaban J connectivity index is 1.86. The molecule has 0 aromatic carbocycles. The van der Waals surface area contributed by atoms with Crippen molar-refractivity contribution in [3.05, 3.63) is 11.3 Å².